The Morgan fingerprint density at radius 1 is 0.958 bits per heavy atom. The number of aromatic nitrogens is 3. The lowest BCUT2D eigenvalue weighted by Gasteiger charge is -2.33. The normalized spacial score (nSPS) is 14.2. The van der Waals surface area contributed by atoms with Crippen LogP contribution < -0.4 is 4.57 Å². The van der Waals surface area contributed by atoms with Crippen molar-refractivity contribution < 1.29 is 44.1 Å². The van der Waals surface area contributed by atoms with E-state index in [2.05, 4.69) is 5.10 Å². The van der Waals surface area contributed by atoms with E-state index in [0.717, 1.165) is 17.5 Å². The molecule has 0 radical (unpaired) electrons. The fourth-order valence-corrected chi connectivity index (χ4v) is 1.75. The average molecular weight is 372 g/mol. The van der Waals surface area contributed by atoms with Gasteiger partial charge in [-0.25, -0.2) is 4.57 Å². The molecular formula is C12H15F9N3+. The number of aryl methyl sites for hydroxylation is 2. The molecule has 0 bridgehead atoms. The van der Waals surface area contributed by atoms with Crippen LogP contribution in [0.25, 0.3) is 0 Å². The van der Waals surface area contributed by atoms with E-state index in [1.807, 2.05) is 6.92 Å². The third kappa shape index (κ3) is 3.94. The number of unbranched alkanes of at least 4 members (excludes halogenated alkanes) is 1. The van der Waals surface area contributed by atoms with Crippen molar-refractivity contribution in [1.29, 1.82) is 0 Å². The van der Waals surface area contributed by atoms with Crippen LogP contribution in [0.15, 0.2) is 12.7 Å². The first-order chi connectivity index (χ1) is 10.8. The largest absolute Gasteiger partial charge is 0.460 e. The van der Waals surface area contributed by atoms with Gasteiger partial charge in [-0.15, -0.1) is 4.68 Å². The first-order valence-electron chi connectivity index (χ1n) is 6.88. The molecule has 0 saturated carbocycles. The summed E-state index contributed by atoms with van der Waals surface area (Å²) in [5, 5.41) is 3.56. The molecule has 0 atom stereocenters. The summed E-state index contributed by atoms with van der Waals surface area (Å²) < 4.78 is 116. The minimum Gasteiger partial charge on any atom is -0.237 e. The van der Waals surface area contributed by atoms with E-state index >= 15 is 0 Å². The van der Waals surface area contributed by atoms with Gasteiger partial charge >= 0.3 is 23.9 Å². The highest BCUT2D eigenvalue weighted by Crippen LogP contribution is 2.54. The molecule has 0 fully saturated rings. The second-order valence-corrected chi connectivity index (χ2v) is 5.20. The molecule has 0 spiro atoms. The topological polar surface area (TPSA) is 21.7 Å². The van der Waals surface area contributed by atoms with Gasteiger partial charge in [-0.3, -0.25) is 0 Å². The summed E-state index contributed by atoms with van der Waals surface area (Å²) in [6.45, 7) is 1.40. The SMILES string of the molecule is CCCC[n+]1cnn(CCC(F)(F)C(F)(F)C(F)(F)C(F)(F)F)c1. The summed E-state index contributed by atoms with van der Waals surface area (Å²) in [6.07, 6.45) is -4.81. The molecule has 0 saturated heterocycles. The Bertz CT molecular complexity index is 536. The van der Waals surface area contributed by atoms with E-state index in [1.54, 1.807) is 0 Å². The van der Waals surface area contributed by atoms with Gasteiger partial charge in [-0.2, -0.15) is 39.5 Å². The highest BCUT2D eigenvalue weighted by atomic mass is 19.4. The van der Waals surface area contributed by atoms with E-state index in [9.17, 15) is 39.5 Å². The van der Waals surface area contributed by atoms with Crippen LogP contribution in [0.1, 0.15) is 26.2 Å². The van der Waals surface area contributed by atoms with Crippen LogP contribution in [-0.2, 0) is 13.1 Å². The third-order valence-electron chi connectivity index (χ3n) is 3.26. The molecule has 0 aliphatic heterocycles. The van der Waals surface area contributed by atoms with Crippen molar-refractivity contribution in [3.05, 3.63) is 12.7 Å². The molecule has 3 nitrogen and oxygen atoms in total. The van der Waals surface area contributed by atoms with Gasteiger partial charge in [-0.05, 0) is 6.42 Å². The van der Waals surface area contributed by atoms with Crippen LogP contribution >= 0.6 is 0 Å². The predicted molar refractivity (Wildman–Crippen MR) is 62.8 cm³/mol. The van der Waals surface area contributed by atoms with Gasteiger partial charge in [0.05, 0.1) is 13.0 Å². The second kappa shape index (κ2) is 6.79. The number of hydrogen-bond acceptors (Lipinski definition) is 1. The van der Waals surface area contributed by atoms with Gasteiger partial charge < -0.3 is 0 Å². The van der Waals surface area contributed by atoms with Gasteiger partial charge in [0.25, 0.3) is 6.33 Å². The van der Waals surface area contributed by atoms with Crippen molar-refractivity contribution >= 4 is 0 Å². The highest BCUT2D eigenvalue weighted by Gasteiger charge is 2.81. The van der Waals surface area contributed by atoms with E-state index in [-0.39, 0.29) is 0 Å². The van der Waals surface area contributed by atoms with Gasteiger partial charge in [0, 0.05) is 5.10 Å². The number of alkyl halides is 9. The lowest BCUT2D eigenvalue weighted by molar-refractivity contribution is -0.698. The first-order valence-corrected chi connectivity index (χ1v) is 6.88. The van der Waals surface area contributed by atoms with Gasteiger partial charge in [0.15, 0.2) is 0 Å². The van der Waals surface area contributed by atoms with Crippen LogP contribution in [0.3, 0.4) is 0 Å². The number of rotatable bonds is 8. The number of halogens is 9. The fraction of sp³-hybridized carbons (Fsp3) is 0.833. The summed E-state index contributed by atoms with van der Waals surface area (Å²) in [7, 11) is 0. The van der Waals surface area contributed by atoms with Crippen molar-refractivity contribution in [3.8, 4) is 0 Å². The summed E-state index contributed by atoms with van der Waals surface area (Å²) in [6, 6.07) is 0. The van der Waals surface area contributed by atoms with Crippen LogP contribution in [-0.4, -0.2) is 33.7 Å². The maximum Gasteiger partial charge on any atom is 0.460 e. The lowest BCUT2D eigenvalue weighted by Crippen LogP contribution is -2.61. The molecule has 12 heteroatoms. The van der Waals surface area contributed by atoms with E-state index in [4.69, 9.17) is 0 Å². The predicted octanol–water partition coefficient (Wildman–Crippen LogP) is 3.83. The molecule has 0 unspecified atom stereocenters. The maximum atomic E-state index is 13.3. The molecule has 140 valence electrons. The highest BCUT2D eigenvalue weighted by molar-refractivity contribution is 5.00. The van der Waals surface area contributed by atoms with Crippen LogP contribution in [0, 0.1) is 0 Å². The van der Waals surface area contributed by atoms with Crippen molar-refractivity contribution in [1.82, 2.24) is 9.78 Å². The monoisotopic (exact) mass is 372 g/mol. The molecule has 0 aromatic carbocycles. The molecule has 0 aliphatic rings. The maximum absolute atomic E-state index is 13.3. The summed E-state index contributed by atoms with van der Waals surface area (Å²) in [5.74, 6) is -19.0. The van der Waals surface area contributed by atoms with Crippen LogP contribution in [0.5, 0.6) is 0 Å². The van der Waals surface area contributed by atoms with Crippen molar-refractivity contribution in [2.75, 3.05) is 0 Å². The molecule has 1 rings (SSSR count). The van der Waals surface area contributed by atoms with Crippen molar-refractivity contribution in [3.63, 3.8) is 0 Å². The molecule has 1 aromatic heterocycles. The molecule has 0 N–H and O–H groups in total. The number of nitrogens with zero attached hydrogens (tertiary/aromatic N) is 3. The van der Waals surface area contributed by atoms with Gasteiger partial charge in [-0.1, -0.05) is 13.3 Å². The Morgan fingerprint density at radius 2 is 1.54 bits per heavy atom. The first kappa shape index (κ1) is 20.6. The van der Waals surface area contributed by atoms with E-state index in [1.165, 1.54) is 17.2 Å². The standard InChI is InChI=1S/C12H15F9N3/c1-2-3-5-23-7-22-24(8-23)6-4-9(13,14)10(15,16)11(17,18)12(19,20)21/h7-8H,2-6H2,1H3/q+1. The summed E-state index contributed by atoms with van der Waals surface area (Å²) in [4.78, 5) is 0. The van der Waals surface area contributed by atoms with E-state index < -0.39 is 36.9 Å². The average Bonchev–Trinajstić information content (AvgIpc) is 2.89. The second-order valence-electron chi connectivity index (χ2n) is 5.20. The smallest absolute Gasteiger partial charge is 0.237 e. The molecule has 0 amide bonds. The fourth-order valence-electron chi connectivity index (χ4n) is 1.75. The van der Waals surface area contributed by atoms with Crippen molar-refractivity contribution in [2.45, 2.75) is 63.2 Å². The Labute approximate surface area is 131 Å². The van der Waals surface area contributed by atoms with Gasteiger partial charge in [0.1, 0.15) is 6.54 Å². The molecule has 24 heavy (non-hydrogen) atoms. The van der Waals surface area contributed by atoms with Gasteiger partial charge in [0.2, 0.25) is 6.33 Å². The summed E-state index contributed by atoms with van der Waals surface area (Å²) >= 11 is 0. The molecule has 0 aliphatic carbocycles. The zero-order valence-corrected chi connectivity index (χ0v) is 12.4. The minimum absolute atomic E-state index is 0.467. The van der Waals surface area contributed by atoms with Crippen molar-refractivity contribution in [2.24, 2.45) is 0 Å². The Hall–Kier alpha value is -1.49. The molecule has 1 heterocycles. The van der Waals surface area contributed by atoms with Crippen LogP contribution in [0.2, 0.25) is 0 Å². The summed E-state index contributed by atoms with van der Waals surface area (Å²) in [5.41, 5.74) is 0. The van der Waals surface area contributed by atoms with Crippen LogP contribution in [0.4, 0.5) is 39.5 Å². The number of hydrogen-bond donors (Lipinski definition) is 0. The zero-order chi connectivity index (χ0) is 18.8. The molecule has 1 aromatic rings. The van der Waals surface area contributed by atoms with E-state index in [0.29, 0.717) is 6.54 Å². The third-order valence-corrected chi connectivity index (χ3v) is 3.26. The Balaban J connectivity index is 2.83. The minimum atomic E-state index is -6.85. The Morgan fingerprint density at radius 3 is 2.04 bits per heavy atom. The zero-order valence-electron chi connectivity index (χ0n) is 12.4. The lowest BCUT2D eigenvalue weighted by atomic mass is 10.0. The Kier molecular flexibility index (Phi) is 5.81. The molecular weight excluding hydrogens is 357 g/mol. The quantitative estimate of drug-likeness (QED) is 0.502.